The van der Waals surface area contributed by atoms with Crippen LogP contribution in [0.5, 0.6) is 0 Å². The lowest BCUT2D eigenvalue weighted by atomic mass is 9.93. The molecule has 0 bridgehead atoms. The number of fused-ring (bicyclic) bond motifs is 7. The van der Waals surface area contributed by atoms with Gasteiger partial charge in [0.2, 0.25) is 0 Å². The maximum atomic E-state index is 5.33. The quantitative estimate of drug-likeness (QED) is 0.228. The van der Waals surface area contributed by atoms with Gasteiger partial charge in [0.05, 0.1) is 21.4 Å². The zero-order valence-electron chi connectivity index (χ0n) is 21.6. The number of para-hydroxylation sites is 1. The Morgan fingerprint density at radius 2 is 1.44 bits per heavy atom. The van der Waals surface area contributed by atoms with E-state index in [1.165, 1.54) is 53.5 Å². The van der Waals surface area contributed by atoms with Crippen LogP contribution in [0.15, 0.2) is 115 Å². The second kappa shape index (κ2) is 8.79. The number of rotatable bonds is 3. The summed E-state index contributed by atoms with van der Waals surface area (Å²) in [5, 5.41) is 3.92. The van der Waals surface area contributed by atoms with Crippen LogP contribution >= 0.6 is 11.3 Å². The average molecular weight is 519 g/mol. The van der Waals surface area contributed by atoms with E-state index in [2.05, 4.69) is 133 Å². The predicted molar refractivity (Wildman–Crippen MR) is 167 cm³/mol. The molecule has 3 heteroatoms. The van der Waals surface area contributed by atoms with Crippen LogP contribution in [0.4, 0.5) is 0 Å². The van der Waals surface area contributed by atoms with Crippen molar-refractivity contribution in [2.75, 3.05) is 0 Å². The summed E-state index contributed by atoms with van der Waals surface area (Å²) in [6.07, 6.45) is 5.77. The minimum atomic E-state index is 0.564. The Bertz CT molecular complexity index is 1990. The fourth-order valence-corrected chi connectivity index (χ4v) is 7.36. The van der Waals surface area contributed by atoms with Gasteiger partial charge in [0, 0.05) is 21.2 Å². The third kappa shape index (κ3) is 3.58. The van der Waals surface area contributed by atoms with Crippen LogP contribution < -0.4 is 0 Å². The van der Waals surface area contributed by atoms with Gasteiger partial charge in [-0.05, 0) is 58.7 Å². The molecule has 2 nitrogen and oxygen atoms in total. The van der Waals surface area contributed by atoms with Crippen molar-refractivity contribution in [2.45, 2.75) is 13.3 Å². The fraction of sp³-hybridized carbons (Fsp3) is 0.0833. The highest BCUT2D eigenvalue weighted by Gasteiger charge is 2.22. The number of hydrogen-bond donors (Lipinski definition) is 0. The average Bonchev–Trinajstić information content (AvgIpc) is 3.53. The number of hydrogen-bond acceptors (Lipinski definition) is 2. The van der Waals surface area contributed by atoms with Crippen molar-refractivity contribution in [1.82, 2.24) is 9.55 Å². The number of benzene rings is 4. The van der Waals surface area contributed by atoms with E-state index in [0.29, 0.717) is 5.92 Å². The predicted octanol–water partition coefficient (Wildman–Crippen LogP) is 9.93. The van der Waals surface area contributed by atoms with E-state index in [4.69, 9.17) is 4.98 Å². The highest BCUT2D eigenvalue weighted by atomic mass is 32.1. The first-order chi connectivity index (χ1) is 19.2. The van der Waals surface area contributed by atoms with Crippen molar-refractivity contribution in [2.24, 2.45) is 5.92 Å². The molecule has 1 unspecified atom stereocenters. The first-order valence-corrected chi connectivity index (χ1v) is 14.4. The SMILES string of the molecule is CC1C=Cc2sc3c(ccc4c5ccccc5n(-c5cc(-c6ccccc6)cc(-c6ccccc6)n5)c43)c2C1. The Balaban J connectivity index is 1.49. The second-order valence-corrected chi connectivity index (χ2v) is 11.6. The molecule has 0 aliphatic heterocycles. The molecule has 0 N–H and O–H groups in total. The highest BCUT2D eigenvalue weighted by molar-refractivity contribution is 7.21. The molecule has 1 aliphatic carbocycles. The lowest BCUT2D eigenvalue weighted by Crippen LogP contribution is -2.01. The Morgan fingerprint density at radius 1 is 0.718 bits per heavy atom. The van der Waals surface area contributed by atoms with E-state index < -0.39 is 0 Å². The Hall–Kier alpha value is -4.47. The third-order valence-electron chi connectivity index (χ3n) is 7.94. The van der Waals surface area contributed by atoms with Gasteiger partial charge >= 0.3 is 0 Å². The van der Waals surface area contributed by atoms with E-state index >= 15 is 0 Å². The van der Waals surface area contributed by atoms with Crippen molar-refractivity contribution in [3.63, 3.8) is 0 Å². The standard InChI is InChI=1S/C36H26N2S/c1-23-16-19-33-30(20-23)29-18-17-28-27-14-8-9-15-32(27)38(35(28)36(29)39-33)34-22-26(24-10-4-2-5-11-24)21-31(37-34)25-12-6-3-7-13-25/h2-19,21-23H,20H2,1H3. The highest BCUT2D eigenvalue weighted by Crippen LogP contribution is 2.44. The summed E-state index contributed by atoms with van der Waals surface area (Å²) in [6, 6.07) is 39.0. The van der Waals surface area contributed by atoms with E-state index in [9.17, 15) is 0 Å². The van der Waals surface area contributed by atoms with Gasteiger partial charge < -0.3 is 0 Å². The van der Waals surface area contributed by atoms with Crippen LogP contribution in [-0.4, -0.2) is 9.55 Å². The molecule has 1 aliphatic rings. The molecule has 0 spiro atoms. The summed E-state index contributed by atoms with van der Waals surface area (Å²) < 4.78 is 3.75. The molecule has 39 heavy (non-hydrogen) atoms. The summed E-state index contributed by atoms with van der Waals surface area (Å²) in [5.74, 6) is 1.51. The van der Waals surface area contributed by atoms with Crippen molar-refractivity contribution in [3.05, 3.63) is 126 Å². The molecule has 8 rings (SSSR count). The van der Waals surface area contributed by atoms with Crippen LogP contribution in [-0.2, 0) is 6.42 Å². The minimum Gasteiger partial charge on any atom is -0.292 e. The van der Waals surface area contributed by atoms with Crippen LogP contribution in [0.1, 0.15) is 17.4 Å². The van der Waals surface area contributed by atoms with Crippen molar-refractivity contribution < 1.29 is 0 Å². The zero-order valence-corrected chi connectivity index (χ0v) is 22.5. The summed E-state index contributed by atoms with van der Waals surface area (Å²) in [7, 11) is 0. The van der Waals surface area contributed by atoms with E-state index in [1.807, 2.05) is 11.3 Å². The Labute approximate surface area is 231 Å². The molecule has 0 amide bonds. The monoisotopic (exact) mass is 518 g/mol. The van der Waals surface area contributed by atoms with Crippen molar-refractivity contribution in [1.29, 1.82) is 0 Å². The molecule has 1 atom stereocenters. The maximum Gasteiger partial charge on any atom is 0.138 e. The molecule has 3 heterocycles. The first kappa shape index (κ1) is 22.5. The smallest absolute Gasteiger partial charge is 0.138 e. The summed E-state index contributed by atoms with van der Waals surface area (Å²) in [6.45, 7) is 2.31. The summed E-state index contributed by atoms with van der Waals surface area (Å²) >= 11 is 1.92. The van der Waals surface area contributed by atoms with Crippen molar-refractivity contribution in [3.8, 4) is 28.2 Å². The molecule has 0 fully saturated rings. The van der Waals surface area contributed by atoms with Gasteiger partial charge in [0.15, 0.2) is 0 Å². The summed E-state index contributed by atoms with van der Waals surface area (Å²) in [4.78, 5) is 6.72. The number of nitrogens with zero attached hydrogens (tertiary/aromatic N) is 2. The van der Waals surface area contributed by atoms with Gasteiger partial charge in [0.1, 0.15) is 5.82 Å². The van der Waals surface area contributed by atoms with Crippen molar-refractivity contribution >= 4 is 49.3 Å². The van der Waals surface area contributed by atoms with E-state index in [1.54, 1.807) is 0 Å². The topological polar surface area (TPSA) is 17.8 Å². The molecule has 7 aromatic rings. The Morgan fingerprint density at radius 3 is 2.26 bits per heavy atom. The van der Waals surface area contributed by atoms with Gasteiger partial charge in [-0.1, -0.05) is 104 Å². The number of pyridine rings is 1. The first-order valence-electron chi connectivity index (χ1n) is 13.5. The van der Waals surface area contributed by atoms with Gasteiger partial charge in [-0.25, -0.2) is 4.98 Å². The number of aromatic nitrogens is 2. The van der Waals surface area contributed by atoms with Gasteiger partial charge in [0.25, 0.3) is 0 Å². The van der Waals surface area contributed by atoms with E-state index in [-0.39, 0.29) is 0 Å². The number of allylic oxidation sites excluding steroid dienone is 1. The lowest BCUT2D eigenvalue weighted by molar-refractivity contribution is 0.724. The summed E-state index contributed by atoms with van der Waals surface area (Å²) in [5.41, 5.74) is 8.38. The third-order valence-corrected chi connectivity index (χ3v) is 9.16. The minimum absolute atomic E-state index is 0.564. The molecule has 186 valence electrons. The molecular weight excluding hydrogens is 492 g/mol. The molecule has 3 aromatic heterocycles. The normalized spacial score (nSPS) is 14.8. The van der Waals surface area contributed by atoms with Gasteiger partial charge in [-0.15, -0.1) is 11.3 Å². The zero-order chi connectivity index (χ0) is 25.9. The molecular formula is C36H26N2S. The molecule has 0 saturated heterocycles. The van der Waals surface area contributed by atoms with Crippen LogP contribution in [0.25, 0.3) is 66.2 Å². The maximum absolute atomic E-state index is 5.33. The van der Waals surface area contributed by atoms with Crippen LogP contribution in [0, 0.1) is 5.92 Å². The van der Waals surface area contributed by atoms with Gasteiger partial charge in [-0.2, -0.15) is 0 Å². The largest absolute Gasteiger partial charge is 0.292 e. The van der Waals surface area contributed by atoms with E-state index in [0.717, 1.165) is 23.5 Å². The lowest BCUT2D eigenvalue weighted by Gasteiger charge is -2.13. The van der Waals surface area contributed by atoms with Gasteiger partial charge in [-0.3, -0.25) is 4.57 Å². The molecule has 0 saturated carbocycles. The molecule has 0 radical (unpaired) electrons. The Kier molecular flexibility index (Phi) is 5.07. The van der Waals surface area contributed by atoms with Crippen LogP contribution in [0.3, 0.4) is 0 Å². The van der Waals surface area contributed by atoms with Crippen LogP contribution in [0.2, 0.25) is 0 Å². The molecule has 4 aromatic carbocycles. The fourth-order valence-electron chi connectivity index (χ4n) is 6.08. The number of thiophene rings is 1. The second-order valence-electron chi connectivity index (χ2n) is 10.5.